The summed E-state index contributed by atoms with van der Waals surface area (Å²) in [6.07, 6.45) is -4.43. The Morgan fingerprint density at radius 2 is 1.45 bits per heavy atom. The van der Waals surface area contributed by atoms with E-state index in [1.54, 1.807) is 36.4 Å². The van der Waals surface area contributed by atoms with E-state index in [1.807, 2.05) is 12.1 Å². The predicted octanol–water partition coefficient (Wildman–Crippen LogP) is 4.64. The molecule has 0 amide bonds. The number of aromatic nitrogens is 1. The third kappa shape index (κ3) is 2.87. The smallest absolute Gasteiger partial charge is 0.422 e. The van der Waals surface area contributed by atoms with Crippen LogP contribution in [0.15, 0.2) is 48.5 Å². The van der Waals surface area contributed by atoms with Crippen LogP contribution >= 0.6 is 12.2 Å². The van der Waals surface area contributed by atoms with E-state index in [4.69, 9.17) is 17.0 Å². The Bertz CT molecular complexity index is 807. The molecule has 0 fully saturated rings. The van der Waals surface area contributed by atoms with Crippen LogP contribution in [0.3, 0.4) is 0 Å². The summed E-state index contributed by atoms with van der Waals surface area (Å²) in [5, 5.41) is 1.17. The van der Waals surface area contributed by atoms with Crippen molar-refractivity contribution in [3.05, 3.63) is 54.1 Å². The number of ether oxygens (including phenoxy) is 1. The van der Waals surface area contributed by atoms with Crippen molar-refractivity contribution in [2.24, 2.45) is 0 Å². The molecule has 2 aromatic carbocycles. The summed E-state index contributed by atoms with van der Waals surface area (Å²) in [4.78, 5) is 4.49. The molecule has 112 valence electrons. The topological polar surface area (TPSA) is 22.1 Å². The molecule has 1 aromatic heterocycles. The summed E-state index contributed by atoms with van der Waals surface area (Å²) < 4.78 is 41.9. The van der Waals surface area contributed by atoms with Gasteiger partial charge in [0, 0.05) is 16.3 Å². The summed E-state index contributed by atoms with van der Waals surface area (Å²) in [6.45, 7) is -1.41. The van der Waals surface area contributed by atoms with Gasteiger partial charge < -0.3 is 4.74 Å². The molecule has 6 heteroatoms. The van der Waals surface area contributed by atoms with Crippen molar-refractivity contribution in [3.63, 3.8) is 0 Å². The Morgan fingerprint density at radius 3 is 1.95 bits per heavy atom. The molecule has 0 saturated heterocycles. The van der Waals surface area contributed by atoms with Crippen molar-refractivity contribution in [2.75, 3.05) is 6.61 Å². The third-order valence-electron chi connectivity index (χ3n) is 3.16. The van der Waals surface area contributed by atoms with E-state index in [-0.39, 0.29) is 5.05 Å². The lowest BCUT2D eigenvalue weighted by Crippen LogP contribution is -2.20. The van der Waals surface area contributed by atoms with Gasteiger partial charge in [-0.05, 0) is 24.4 Å². The average Bonchev–Trinajstić information content (AvgIpc) is 2.49. The van der Waals surface area contributed by atoms with Gasteiger partial charge in [0.2, 0.25) is 0 Å². The van der Waals surface area contributed by atoms with Crippen LogP contribution in [0.4, 0.5) is 13.2 Å². The van der Waals surface area contributed by atoms with Gasteiger partial charge >= 0.3 is 6.18 Å². The van der Waals surface area contributed by atoms with Crippen molar-refractivity contribution in [1.82, 2.24) is 4.98 Å². The second kappa shape index (κ2) is 5.53. The van der Waals surface area contributed by atoms with Gasteiger partial charge in [-0.25, -0.2) is 4.98 Å². The first-order valence-electron chi connectivity index (χ1n) is 6.47. The summed E-state index contributed by atoms with van der Waals surface area (Å²) in [5.74, 6) is 0. The molecule has 0 aliphatic rings. The maximum absolute atomic E-state index is 12.4. The van der Waals surface area contributed by atoms with Gasteiger partial charge in [0.15, 0.2) is 11.7 Å². The number of benzene rings is 2. The molecule has 0 radical (unpaired) electrons. The van der Waals surface area contributed by atoms with Gasteiger partial charge in [0.25, 0.3) is 0 Å². The van der Waals surface area contributed by atoms with Crippen LogP contribution in [-0.4, -0.2) is 22.8 Å². The minimum absolute atomic E-state index is 0.174. The molecule has 0 spiro atoms. The largest absolute Gasteiger partial charge is 0.473 e. The van der Waals surface area contributed by atoms with E-state index < -0.39 is 12.8 Å². The van der Waals surface area contributed by atoms with Crippen LogP contribution in [0.5, 0.6) is 0 Å². The fourth-order valence-electron chi connectivity index (χ4n) is 2.28. The SMILES string of the molecule is FC(F)(F)COC(=S)c1c2ccccc2nc2ccccc12. The van der Waals surface area contributed by atoms with E-state index in [9.17, 15) is 13.2 Å². The number of halogens is 3. The van der Waals surface area contributed by atoms with Crippen LogP contribution in [-0.2, 0) is 4.74 Å². The molecular formula is C16H10F3NOS. The number of nitrogens with zero attached hydrogens (tertiary/aromatic N) is 1. The number of alkyl halides is 3. The van der Waals surface area contributed by atoms with Crippen LogP contribution in [0, 0.1) is 0 Å². The van der Waals surface area contributed by atoms with Crippen LogP contribution in [0.25, 0.3) is 21.8 Å². The lowest BCUT2D eigenvalue weighted by atomic mass is 10.0. The summed E-state index contributed by atoms with van der Waals surface area (Å²) in [5.41, 5.74) is 1.80. The molecule has 0 bridgehead atoms. The molecule has 3 aromatic rings. The number of pyridine rings is 1. The molecule has 0 unspecified atom stereocenters. The lowest BCUT2D eigenvalue weighted by Gasteiger charge is -2.14. The van der Waals surface area contributed by atoms with Gasteiger partial charge in [-0.3, -0.25) is 0 Å². The quantitative estimate of drug-likeness (QED) is 0.507. The minimum atomic E-state index is -4.43. The van der Waals surface area contributed by atoms with Crippen LogP contribution in [0.1, 0.15) is 5.56 Å². The van der Waals surface area contributed by atoms with E-state index in [1.165, 1.54) is 0 Å². The van der Waals surface area contributed by atoms with Crippen molar-refractivity contribution >= 4 is 39.1 Å². The Labute approximate surface area is 129 Å². The normalized spacial score (nSPS) is 11.8. The summed E-state index contributed by atoms with van der Waals surface area (Å²) >= 11 is 5.09. The van der Waals surface area contributed by atoms with E-state index in [0.29, 0.717) is 27.4 Å². The van der Waals surface area contributed by atoms with E-state index in [2.05, 4.69) is 4.98 Å². The van der Waals surface area contributed by atoms with Crippen molar-refractivity contribution in [2.45, 2.75) is 6.18 Å². The number of fused-ring (bicyclic) bond motifs is 2. The van der Waals surface area contributed by atoms with Crippen molar-refractivity contribution in [1.29, 1.82) is 0 Å². The second-order valence-corrected chi connectivity index (χ2v) is 5.08. The van der Waals surface area contributed by atoms with Gasteiger partial charge in [-0.2, -0.15) is 13.2 Å². The standard InChI is InChI=1S/C16H10F3NOS/c17-16(18,19)9-21-15(22)14-10-5-1-3-7-12(10)20-13-8-4-2-6-11(13)14/h1-8H,9H2. The number of para-hydroxylation sites is 2. The Kier molecular flexibility index (Phi) is 3.70. The highest BCUT2D eigenvalue weighted by atomic mass is 32.1. The second-order valence-electron chi connectivity index (χ2n) is 4.71. The molecule has 22 heavy (non-hydrogen) atoms. The maximum atomic E-state index is 12.4. The number of thiocarbonyl (C=S) groups is 1. The monoisotopic (exact) mass is 321 g/mol. The van der Waals surface area contributed by atoms with E-state index in [0.717, 1.165) is 0 Å². The highest BCUT2D eigenvalue weighted by Gasteiger charge is 2.29. The first kappa shape index (κ1) is 14.7. The summed E-state index contributed by atoms with van der Waals surface area (Å²) in [7, 11) is 0. The molecule has 0 aliphatic heterocycles. The zero-order chi connectivity index (χ0) is 15.7. The molecule has 0 saturated carbocycles. The Morgan fingerprint density at radius 1 is 0.955 bits per heavy atom. The Hall–Kier alpha value is -2.21. The first-order valence-corrected chi connectivity index (χ1v) is 6.88. The molecule has 2 nitrogen and oxygen atoms in total. The van der Waals surface area contributed by atoms with Gasteiger partial charge in [-0.15, -0.1) is 0 Å². The minimum Gasteiger partial charge on any atom is -0.473 e. The molecule has 0 atom stereocenters. The van der Waals surface area contributed by atoms with Gasteiger partial charge in [-0.1, -0.05) is 36.4 Å². The number of rotatable bonds is 2. The number of hydrogen-bond donors (Lipinski definition) is 0. The lowest BCUT2D eigenvalue weighted by molar-refractivity contribution is -0.155. The van der Waals surface area contributed by atoms with Crippen molar-refractivity contribution in [3.8, 4) is 0 Å². The highest BCUT2D eigenvalue weighted by Crippen LogP contribution is 2.27. The third-order valence-corrected chi connectivity index (χ3v) is 3.48. The fourth-order valence-corrected chi connectivity index (χ4v) is 2.56. The molecule has 0 N–H and O–H groups in total. The summed E-state index contributed by atoms with van der Waals surface area (Å²) in [6, 6.07) is 14.3. The van der Waals surface area contributed by atoms with Gasteiger partial charge in [0.1, 0.15) is 0 Å². The first-order chi connectivity index (χ1) is 10.5. The zero-order valence-electron chi connectivity index (χ0n) is 11.2. The Balaban J connectivity index is 2.18. The average molecular weight is 321 g/mol. The fraction of sp³-hybridized carbons (Fsp3) is 0.125. The maximum Gasteiger partial charge on any atom is 0.422 e. The molecule has 3 rings (SSSR count). The van der Waals surface area contributed by atoms with Gasteiger partial charge in [0.05, 0.1) is 11.0 Å². The number of hydrogen-bond acceptors (Lipinski definition) is 3. The van der Waals surface area contributed by atoms with Crippen LogP contribution < -0.4 is 0 Å². The van der Waals surface area contributed by atoms with Crippen LogP contribution in [0.2, 0.25) is 0 Å². The molecule has 0 aliphatic carbocycles. The zero-order valence-corrected chi connectivity index (χ0v) is 12.0. The van der Waals surface area contributed by atoms with Crippen molar-refractivity contribution < 1.29 is 17.9 Å². The highest BCUT2D eigenvalue weighted by molar-refractivity contribution is 7.80. The predicted molar refractivity (Wildman–Crippen MR) is 83.0 cm³/mol. The molecule has 1 heterocycles. The molecular weight excluding hydrogens is 311 g/mol. The van der Waals surface area contributed by atoms with E-state index >= 15 is 0 Å².